The molecule has 0 aliphatic carbocycles. The number of nitrogens with one attached hydrogen (secondary N) is 2. The number of anilines is 1. The summed E-state index contributed by atoms with van der Waals surface area (Å²) in [4.78, 5) is 12.9. The number of amides is 1. The number of nitrogens with zero attached hydrogens (tertiary/aromatic N) is 2. The molecule has 0 aliphatic rings. The highest BCUT2D eigenvalue weighted by Gasteiger charge is 2.16. The Kier molecular flexibility index (Phi) is 6.61. The van der Waals surface area contributed by atoms with Crippen molar-refractivity contribution in [1.29, 1.82) is 0 Å². The number of ether oxygens (including phenoxy) is 3. The lowest BCUT2D eigenvalue weighted by atomic mass is 10.2. The van der Waals surface area contributed by atoms with Gasteiger partial charge in [0.25, 0.3) is 0 Å². The minimum Gasteiger partial charge on any atom is -0.497 e. The molecule has 9 heteroatoms. The van der Waals surface area contributed by atoms with Crippen molar-refractivity contribution >= 4 is 33.3 Å². The zero-order valence-electron chi connectivity index (χ0n) is 17.7. The number of rotatable bonds is 7. The third kappa shape index (κ3) is 5.50. The first-order valence-corrected chi connectivity index (χ1v) is 10.3. The fourth-order valence-electron chi connectivity index (χ4n) is 2.80. The molecule has 3 aromatic rings. The van der Waals surface area contributed by atoms with E-state index in [4.69, 9.17) is 14.2 Å². The van der Waals surface area contributed by atoms with Crippen LogP contribution in [0.5, 0.6) is 11.5 Å². The molecule has 0 spiro atoms. The topological polar surface area (TPSA) is 94.6 Å². The van der Waals surface area contributed by atoms with Crippen molar-refractivity contribution in [2.75, 3.05) is 19.5 Å². The third-order valence-electron chi connectivity index (χ3n) is 4.15. The first kappa shape index (κ1) is 21.6. The van der Waals surface area contributed by atoms with Crippen molar-refractivity contribution in [3.8, 4) is 11.5 Å². The second-order valence-corrected chi connectivity index (χ2v) is 8.74. The predicted molar refractivity (Wildman–Crippen MR) is 117 cm³/mol. The number of carbonyl (C=O) groups is 1. The van der Waals surface area contributed by atoms with Gasteiger partial charge in [0.15, 0.2) is 5.82 Å². The van der Waals surface area contributed by atoms with E-state index >= 15 is 0 Å². The summed E-state index contributed by atoms with van der Waals surface area (Å²) >= 11 is 1.55. The van der Waals surface area contributed by atoms with Crippen LogP contribution in [0.4, 0.5) is 10.6 Å². The highest BCUT2D eigenvalue weighted by Crippen LogP contribution is 2.30. The standard InChI is InChI=1S/C21H26N4O4S/c1-21(2,3)29-20(26)23-11-15-9-16-18(30-15)12-24-25-19(16)22-10-13-6-7-14(27-4)8-17(13)28-5/h6-9,12H,10-11H2,1-5H3,(H,22,25)(H,23,26). The van der Waals surface area contributed by atoms with Crippen molar-refractivity contribution in [3.05, 3.63) is 40.9 Å². The Labute approximate surface area is 179 Å². The molecule has 3 rings (SSSR count). The average molecular weight is 431 g/mol. The number of hydrogen-bond acceptors (Lipinski definition) is 8. The third-order valence-corrected chi connectivity index (χ3v) is 5.22. The van der Waals surface area contributed by atoms with Crippen molar-refractivity contribution in [1.82, 2.24) is 15.5 Å². The van der Waals surface area contributed by atoms with E-state index in [-0.39, 0.29) is 0 Å². The number of thiophene rings is 1. The molecule has 160 valence electrons. The summed E-state index contributed by atoms with van der Waals surface area (Å²) in [7, 11) is 3.25. The van der Waals surface area contributed by atoms with E-state index in [9.17, 15) is 4.79 Å². The molecule has 2 N–H and O–H groups in total. The van der Waals surface area contributed by atoms with Crippen LogP contribution >= 0.6 is 11.3 Å². The molecule has 0 bridgehead atoms. The van der Waals surface area contributed by atoms with Crippen LogP contribution in [0.1, 0.15) is 31.2 Å². The maximum Gasteiger partial charge on any atom is 0.407 e. The summed E-state index contributed by atoms with van der Waals surface area (Å²) in [5, 5.41) is 15.4. The van der Waals surface area contributed by atoms with Gasteiger partial charge >= 0.3 is 6.09 Å². The zero-order valence-corrected chi connectivity index (χ0v) is 18.6. The molecular formula is C21H26N4O4S. The fourth-order valence-corrected chi connectivity index (χ4v) is 3.77. The molecule has 2 heterocycles. The lowest BCUT2D eigenvalue weighted by Gasteiger charge is -2.19. The van der Waals surface area contributed by atoms with Gasteiger partial charge in [-0.1, -0.05) is 0 Å². The van der Waals surface area contributed by atoms with Gasteiger partial charge in [0.05, 0.1) is 31.7 Å². The van der Waals surface area contributed by atoms with Gasteiger partial charge in [0, 0.05) is 28.4 Å². The van der Waals surface area contributed by atoms with Gasteiger partial charge in [0.2, 0.25) is 0 Å². The van der Waals surface area contributed by atoms with Crippen LogP contribution in [0.3, 0.4) is 0 Å². The molecular weight excluding hydrogens is 404 g/mol. The monoisotopic (exact) mass is 430 g/mol. The molecule has 0 saturated carbocycles. The average Bonchev–Trinajstić information content (AvgIpc) is 3.13. The highest BCUT2D eigenvalue weighted by molar-refractivity contribution is 7.19. The minimum absolute atomic E-state index is 0.375. The Morgan fingerprint density at radius 2 is 1.93 bits per heavy atom. The molecule has 0 saturated heterocycles. The number of alkyl carbamates (subject to hydrolysis) is 1. The Hall–Kier alpha value is -3.07. The SMILES string of the molecule is COc1ccc(CNc2nncc3sc(CNC(=O)OC(C)(C)C)cc23)c(OC)c1. The maximum atomic E-state index is 11.9. The quantitative estimate of drug-likeness (QED) is 0.575. The highest BCUT2D eigenvalue weighted by atomic mass is 32.1. The molecule has 2 aromatic heterocycles. The van der Waals surface area contributed by atoms with E-state index in [1.165, 1.54) is 0 Å². The van der Waals surface area contributed by atoms with Gasteiger partial charge in [-0.05, 0) is 39.0 Å². The number of methoxy groups -OCH3 is 2. The van der Waals surface area contributed by atoms with Crippen molar-refractivity contribution in [3.63, 3.8) is 0 Å². The lowest BCUT2D eigenvalue weighted by molar-refractivity contribution is 0.0524. The van der Waals surface area contributed by atoms with Gasteiger partial charge in [-0.2, -0.15) is 5.10 Å². The van der Waals surface area contributed by atoms with E-state index in [1.54, 1.807) is 31.8 Å². The van der Waals surface area contributed by atoms with Crippen LogP contribution in [-0.2, 0) is 17.8 Å². The Morgan fingerprint density at radius 1 is 1.13 bits per heavy atom. The second-order valence-electron chi connectivity index (χ2n) is 7.57. The van der Waals surface area contributed by atoms with E-state index in [0.29, 0.717) is 18.9 Å². The lowest BCUT2D eigenvalue weighted by Crippen LogP contribution is -2.31. The normalized spacial score (nSPS) is 11.2. The van der Waals surface area contributed by atoms with E-state index < -0.39 is 11.7 Å². The van der Waals surface area contributed by atoms with Crippen LogP contribution in [-0.4, -0.2) is 36.1 Å². The largest absolute Gasteiger partial charge is 0.497 e. The molecule has 30 heavy (non-hydrogen) atoms. The van der Waals surface area contributed by atoms with E-state index in [2.05, 4.69) is 20.8 Å². The Balaban J connectivity index is 1.71. The summed E-state index contributed by atoms with van der Waals surface area (Å²) in [6, 6.07) is 7.67. The van der Waals surface area contributed by atoms with E-state index in [1.807, 2.05) is 45.0 Å². The fraction of sp³-hybridized carbons (Fsp3) is 0.381. The molecule has 8 nitrogen and oxygen atoms in total. The van der Waals surface area contributed by atoms with Crippen molar-refractivity contribution < 1.29 is 19.0 Å². The predicted octanol–water partition coefficient (Wildman–Crippen LogP) is 4.35. The first-order valence-electron chi connectivity index (χ1n) is 9.45. The van der Waals surface area contributed by atoms with Gasteiger partial charge in [-0.3, -0.25) is 0 Å². The first-order chi connectivity index (χ1) is 14.3. The number of hydrogen-bond donors (Lipinski definition) is 2. The number of fused-ring (bicyclic) bond motifs is 1. The van der Waals surface area contributed by atoms with Gasteiger partial charge in [-0.15, -0.1) is 16.4 Å². The zero-order chi connectivity index (χ0) is 21.7. The van der Waals surface area contributed by atoms with E-state index in [0.717, 1.165) is 32.0 Å². The molecule has 1 aromatic carbocycles. The number of aromatic nitrogens is 2. The summed E-state index contributed by atoms with van der Waals surface area (Å²) in [5.41, 5.74) is 0.441. The number of carbonyl (C=O) groups excluding carboxylic acids is 1. The Morgan fingerprint density at radius 3 is 2.63 bits per heavy atom. The van der Waals surface area contributed by atoms with Gasteiger partial charge < -0.3 is 24.8 Å². The minimum atomic E-state index is -0.530. The summed E-state index contributed by atoms with van der Waals surface area (Å²) < 4.78 is 17.0. The summed E-state index contributed by atoms with van der Waals surface area (Å²) in [5.74, 6) is 2.14. The summed E-state index contributed by atoms with van der Waals surface area (Å²) in [6.07, 6.45) is 1.27. The van der Waals surface area contributed by atoms with Crippen molar-refractivity contribution in [2.45, 2.75) is 39.5 Å². The van der Waals surface area contributed by atoms with Crippen LogP contribution in [0.2, 0.25) is 0 Å². The molecule has 0 atom stereocenters. The summed E-state index contributed by atoms with van der Waals surface area (Å²) in [6.45, 7) is 6.39. The van der Waals surface area contributed by atoms with Crippen LogP contribution in [0, 0.1) is 0 Å². The molecule has 0 aliphatic heterocycles. The van der Waals surface area contributed by atoms with Crippen LogP contribution in [0.15, 0.2) is 30.5 Å². The second kappa shape index (κ2) is 9.17. The van der Waals surface area contributed by atoms with Gasteiger partial charge in [0.1, 0.15) is 17.1 Å². The molecule has 0 unspecified atom stereocenters. The van der Waals surface area contributed by atoms with Crippen molar-refractivity contribution in [2.24, 2.45) is 0 Å². The van der Waals surface area contributed by atoms with Crippen LogP contribution < -0.4 is 20.1 Å². The molecule has 0 radical (unpaired) electrons. The number of benzene rings is 1. The Bertz CT molecular complexity index is 1030. The van der Waals surface area contributed by atoms with Gasteiger partial charge in [-0.25, -0.2) is 4.79 Å². The molecule has 0 fully saturated rings. The smallest absolute Gasteiger partial charge is 0.407 e. The maximum absolute atomic E-state index is 11.9. The van der Waals surface area contributed by atoms with Crippen LogP contribution in [0.25, 0.3) is 10.1 Å². The molecule has 1 amide bonds.